The number of methoxy groups -OCH3 is 1. The van der Waals surface area contributed by atoms with E-state index in [0.717, 1.165) is 46.9 Å². The van der Waals surface area contributed by atoms with Gasteiger partial charge in [0.25, 0.3) is 5.91 Å². The lowest BCUT2D eigenvalue weighted by atomic mass is 10.0. The average Bonchev–Trinajstić information content (AvgIpc) is 3.15. The van der Waals surface area contributed by atoms with Gasteiger partial charge < -0.3 is 14.5 Å². The van der Waals surface area contributed by atoms with Crippen molar-refractivity contribution in [3.05, 3.63) is 82.3 Å². The standard InChI is InChI=1S/C28H31F3N4O2/c1-4-25-24(17-20-9-11-23(37-3)12-10-20)26(33-19(2)32-25)34-13-6-14-35(16-15-34)27(36)21-7-5-8-22(18-21)28(29,30)31/h5,7-12,18H,4,6,13-17H2,1-3H3. The van der Waals surface area contributed by atoms with Crippen LogP contribution in [0.2, 0.25) is 0 Å². The number of aryl methyl sites for hydroxylation is 2. The summed E-state index contributed by atoms with van der Waals surface area (Å²) in [6.07, 6.45) is -2.40. The van der Waals surface area contributed by atoms with Crippen LogP contribution < -0.4 is 9.64 Å². The molecule has 3 aromatic rings. The van der Waals surface area contributed by atoms with Gasteiger partial charge in [-0.15, -0.1) is 0 Å². The van der Waals surface area contributed by atoms with E-state index < -0.39 is 11.7 Å². The van der Waals surface area contributed by atoms with Crippen LogP contribution in [0.15, 0.2) is 48.5 Å². The fourth-order valence-electron chi connectivity index (χ4n) is 4.66. The highest BCUT2D eigenvalue weighted by Crippen LogP contribution is 2.30. The van der Waals surface area contributed by atoms with Crippen LogP contribution in [-0.2, 0) is 19.0 Å². The number of carbonyl (C=O) groups is 1. The largest absolute Gasteiger partial charge is 0.497 e. The van der Waals surface area contributed by atoms with Gasteiger partial charge in [-0.3, -0.25) is 4.79 Å². The Kier molecular flexibility index (Phi) is 8.00. The van der Waals surface area contributed by atoms with Gasteiger partial charge in [0.1, 0.15) is 17.4 Å². The van der Waals surface area contributed by atoms with Gasteiger partial charge in [-0.2, -0.15) is 13.2 Å². The quantitative estimate of drug-likeness (QED) is 0.448. The molecule has 9 heteroatoms. The summed E-state index contributed by atoms with van der Waals surface area (Å²) in [6.45, 7) is 6.01. The van der Waals surface area contributed by atoms with Crippen molar-refractivity contribution in [1.29, 1.82) is 0 Å². The molecule has 0 radical (unpaired) electrons. The van der Waals surface area contributed by atoms with Crippen molar-refractivity contribution < 1.29 is 22.7 Å². The van der Waals surface area contributed by atoms with Gasteiger partial charge in [0.15, 0.2) is 0 Å². The fourth-order valence-corrected chi connectivity index (χ4v) is 4.66. The minimum absolute atomic E-state index is 0.0506. The highest BCUT2D eigenvalue weighted by molar-refractivity contribution is 5.94. The predicted octanol–water partition coefficient (Wildman–Crippen LogP) is 5.32. The SMILES string of the molecule is CCc1nc(C)nc(N2CCCN(C(=O)c3cccc(C(F)(F)F)c3)CC2)c1Cc1ccc(OC)cc1. The van der Waals surface area contributed by atoms with Gasteiger partial charge in [-0.25, -0.2) is 9.97 Å². The number of nitrogens with zero attached hydrogens (tertiary/aromatic N) is 4. The third kappa shape index (κ3) is 6.21. The van der Waals surface area contributed by atoms with E-state index in [0.29, 0.717) is 44.8 Å². The lowest BCUT2D eigenvalue weighted by Crippen LogP contribution is -2.36. The van der Waals surface area contributed by atoms with E-state index in [1.54, 1.807) is 12.0 Å². The second kappa shape index (κ2) is 11.2. The Morgan fingerprint density at radius 2 is 1.78 bits per heavy atom. The Balaban J connectivity index is 1.56. The Hall–Kier alpha value is -3.62. The Morgan fingerprint density at radius 3 is 2.46 bits per heavy atom. The number of halogens is 3. The number of rotatable bonds is 6. The van der Waals surface area contributed by atoms with Gasteiger partial charge in [-0.1, -0.05) is 25.1 Å². The lowest BCUT2D eigenvalue weighted by molar-refractivity contribution is -0.137. The minimum atomic E-state index is -4.49. The Bertz CT molecular complexity index is 1250. The van der Waals surface area contributed by atoms with Crippen LogP contribution in [0.25, 0.3) is 0 Å². The molecule has 1 saturated heterocycles. The number of benzene rings is 2. The molecule has 0 N–H and O–H groups in total. The first-order valence-corrected chi connectivity index (χ1v) is 12.4. The maximum atomic E-state index is 13.2. The molecule has 0 bridgehead atoms. The van der Waals surface area contributed by atoms with E-state index in [4.69, 9.17) is 14.7 Å². The predicted molar refractivity (Wildman–Crippen MR) is 136 cm³/mol. The third-order valence-corrected chi connectivity index (χ3v) is 6.58. The molecule has 1 fully saturated rings. The summed E-state index contributed by atoms with van der Waals surface area (Å²) in [5.41, 5.74) is 2.38. The topological polar surface area (TPSA) is 58.6 Å². The van der Waals surface area contributed by atoms with Crippen molar-refractivity contribution in [2.24, 2.45) is 0 Å². The monoisotopic (exact) mass is 512 g/mol. The summed E-state index contributed by atoms with van der Waals surface area (Å²) in [5, 5.41) is 0. The number of hydrogen-bond acceptors (Lipinski definition) is 5. The second-order valence-electron chi connectivity index (χ2n) is 9.11. The smallest absolute Gasteiger partial charge is 0.416 e. The molecule has 2 aromatic carbocycles. The van der Waals surface area contributed by atoms with E-state index in [-0.39, 0.29) is 11.5 Å². The molecule has 1 aliphatic rings. The normalized spacial score (nSPS) is 14.4. The molecule has 6 nitrogen and oxygen atoms in total. The molecule has 1 aromatic heterocycles. The zero-order valence-electron chi connectivity index (χ0n) is 21.3. The summed E-state index contributed by atoms with van der Waals surface area (Å²) < 4.78 is 44.7. The highest BCUT2D eigenvalue weighted by atomic mass is 19.4. The molecule has 37 heavy (non-hydrogen) atoms. The first-order chi connectivity index (χ1) is 17.7. The van der Waals surface area contributed by atoms with Crippen molar-refractivity contribution in [3.8, 4) is 5.75 Å². The number of ether oxygens (including phenoxy) is 1. The first kappa shape index (κ1) is 26.4. The molecule has 0 spiro atoms. The van der Waals surface area contributed by atoms with Crippen molar-refractivity contribution >= 4 is 11.7 Å². The van der Waals surface area contributed by atoms with E-state index in [2.05, 4.69) is 11.8 Å². The van der Waals surface area contributed by atoms with Crippen molar-refractivity contribution in [2.45, 2.75) is 39.3 Å². The summed E-state index contributed by atoms with van der Waals surface area (Å²) in [6, 6.07) is 12.5. The zero-order valence-corrected chi connectivity index (χ0v) is 21.3. The number of anilines is 1. The Morgan fingerprint density at radius 1 is 1.03 bits per heavy atom. The maximum absolute atomic E-state index is 13.2. The van der Waals surface area contributed by atoms with Gasteiger partial charge in [0, 0.05) is 49.4 Å². The number of alkyl halides is 3. The number of hydrogen-bond donors (Lipinski definition) is 0. The summed E-state index contributed by atoms with van der Waals surface area (Å²) in [4.78, 5) is 26.4. The summed E-state index contributed by atoms with van der Waals surface area (Å²) >= 11 is 0. The first-order valence-electron chi connectivity index (χ1n) is 12.4. The maximum Gasteiger partial charge on any atom is 0.416 e. The van der Waals surface area contributed by atoms with Crippen LogP contribution >= 0.6 is 0 Å². The molecule has 1 amide bonds. The lowest BCUT2D eigenvalue weighted by Gasteiger charge is -2.26. The molecule has 2 heterocycles. The van der Waals surface area contributed by atoms with Gasteiger partial charge in [0.05, 0.1) is 12.7 Å². The molecule has 1 aliphatic heterocycles. The van der Waals surface area contributed by atoms with Crippen LogP contribution in [-0.4, -0.2) is 54.1 Å². The van der Waals surface area contributed by atoms with Crippen molar-refractivity contribution in [2.75, 3.05) is 38.2 Å². The molecule has 4 rings (SSSR count). The number of aromatic nitrogens is 2. The Labute approximate surface area is 215 Å². The van der Waals surface area contributed by atoms with Crippen molar-refractivity contribution in [3.63, 3.8) is 0 Å². The molecular weight excluding hydrogens is 481 g/mol. The number of carbonyl (C=O) groups excluding carboxylic acids is 1. The average molecular weight is 513 g/mol. The molecule has 0 atom stereocenters. The molecule has 196 valence electrons. The zero-order chi connectivity index (χ0) is 26.6. The van der Waals surface area contributed by atoms with E-state index in [9.17, 15) is 18.0 Å². The highest BCUT2D eigenvalue weighted by Gasteiger charge is 2.31. The van der Waals surface area contributed by atoms with Crippen LogP contribution in [0.3, 0.4) is 0 Å². The van der Waals surface area contributed by atoms with E-state index in [1.165, 1.54) is 12.1 Å². The summed E-state index contributed by atoms with van der Waals surface area (Å²) in [7, 11) is 1.64. The summed E-state index contributed by atoms with van der Waals surface area (Å²) in [5.74, 6) is 1.94. The molecule has 0 unspecified atom stereocenters. The molecule has 0 aliphatic carbocycles. The fraction of sp³-hybridized carbons (Fsp3) is 0.393. The van der Waals surface area contributed by atoms with Gasteiger partial charge >= 0.3 is 6.18 Å². The molecular formula is C28H31F3N4O2. The van der Waals surface area contributed by atoms with E-state index in [1.807, 2.05) is 31.2 Å². The van der Waals surface area contributed by atoms with Gasteiger partial charge in [-0.05, 0) is 55.7 Å². The minimum Gasteiger partial charge on any atom is -0.497 e. The third-order valence-electron chi connectivity index (χ3n) is 6.58. The van der Waals surface area contributed by atoms with Crippen molar-refractivity contribution in [1.82, 2.24) is 14.9 Å². The second-order valence-corrected chi connectivity index (χ2v) is 9.11. The molecule has 0 saturated carbocycles. The van der Waals surface area contributed by atoms with Crippen LogP contribution in [0.4, 0.5) is 19.0 Å². The van der Waals surface area contributed by atoms with Crippen LogP contribution in [0.1, 0.15) is 51.9 Å². The van der Waals surface area contributed by atoms with Crippen LogP contribution in [0, 0.1) is 6.92 Å². The van der Waals surface area contributed by atoms with E-state index >= 15 is 0 Å². The number of amides is 1. The van der Waals surface area contributed by atoms with Gasteiger partial charge in [0.2, 0.25) is 0 Å². The van der Waals surface area contributed by atoms with Crippen LogP contribution in [0.5, 0.6) is 5.75 Å².